The van der Waals surface area contributed by atoms with Crippen molar-refractivity contribution in [2.45, 2.75) is 14.7 Å². The third-order valence-corrected chi connectivity index (χ3v) is 8.57. The number of carbonyl (C=O) groups is 1. The second kappa shape index (κ2) is 11.8. The number of amides is 2. The van der Waals surface area contributed by atoms with Crippen LogP contribution in [0.1, 0.15) is 0 Å². The first-order valence-corrected chi connectivity index (χ1v) is 16.3. The van der Waals surface area contributed by atoms with Gasteiger partial charge in [0, 0.05) is 18.1 Å². The zero-order valence-electron chi connectivity index (χ0n) is 21.5. The number of rotatable bonds is 8. The zero-order chi connectivity index (χ0) is 32.8. The number of urea groups is 1. The highest BCUT2D eigenvalue weighted by molar-refractivity contribution is 7.87. The number of anilines is 3. The summed E-state index contributed by atoms with van der Waals surface area (Å²) in [5.74, 6) is -0.0155. The summed E-state index contributed by atoms with van der Waals surface area (Å²) in [6.07, 6.45) is 0. The van der Waals surface area contributed by atoms with Crippen LogP contribution in [0.2, 0.25) is 10.6 Å². The van der Waals surface area contributed by atoms with E-state index < -0.39 is 67.5 Å². The summed E-state index contributed by atoms with van der Waals surface area (Å²) >= 11 is 11.7. The number of fused-ring (bicyclic) bond motifs is 1. The summed E-state index contributed by atoms with van der Waals surface area (Å²) in [5.41, 5.74) is 4.06. The number of aromatic nitrogens is 3. The van der Waals surface area contributed by atoms with E-state index in [-0.39, 0.29) is 33.6 Å². The summed E-state index contributed by atoms with van der Waals surface area (Å²) in [4.78, 5) is 21.4. The summed E-state index contributed by atoms with van der Waals surface area (Å²) in [6.45, 7) is 0. The minimum atomic E-state index is -5.36. The smallest absolute Gasteiger partial charge is 0.316 e. The van der Waals surface area contributed by atoms with Crippen molar-refractivity contribution in [1.29, 1.82) is 0 Å². The van der Waals surface area contributed by atoms with Crippen molar-refractivity contribution >= 4 is 99.1 Å². The minimum absolute atomic E-state index is 0.0155. The average Bonchev–Trinajstić information content (AvgIpc) is 2.88. The minimum Gasteiger partial charge on any atom is -0.351 e. The van der Waals surface area contributed by atoms with Crippen molar-refractivity contribution in [2.24, 2.45) is 16.0 Å². The SMILES string of the molecule is CN(c1ccc(N=Nc2c(S(=O)(=O)O)cc3cc(S(=O)(=O)O)ccc3c2S(=O)(=O)O)c(NC(N)=O)c1)c1nc(Cl)nc(Cl)n1. The summed E-state index contributed by atoms with van der Waals surface area (Å²) in [7, 11) is -14.0. The van der Waals surface area contributed by atoms with Gasteiger partial charge in [0.25, 0.3) is 30.4 Å². The Hall–Kier alpha value is -4.09. The fourth-order valence-electron chi connectivity index (χ4n) is 3.77. The highest BCUT2D eigenvalue weighted by Gasteiger charge is 2.29. The number of primary amides is 1. The number of hydrogen-bond acceptors (Lipinski definition) is 13. The van der Waals surface area contributed by atoms with Gasteiger partial charge in [-0.05, 0) is 65.0 Å². The van der Waals surface area contributed by atoms with Crippen molar-refractivity contribution in [3.05, 3.63) is 53.0 Å². The monoisotopic (exact) mass is 706 g/mol. The summed E-state index contributed by atoms with van der Waals surface area (Å²) in [6, 6.07) is 5.79. The molecule has 1 heterocycles. The Morgan fingerprint density at radius 1 is 0.864 bits per heavy atom. The van der Waals surface area contributed by atoms with E-state index in [0.717, 1.165) is 12.1 Å². The van der Waals surface area contributed by atoms with Crippen LogP contribution in [0.15, 0.2) is 67.4 Å². The van der Waals surface area contributed by atoms with Gasteiger partial charge >= 0.3 is 6.03 Å². The molecule has 4 aromatic rings. The van der Waals surface area contributed by atoms with Gasteiger partial charge in [-0.2, -0.15) is 40.2 Å². The molecule has 0 aliphatic heterocycles. The maximum atomic E-state index is 12.5. The van der Waals surface area contributed by atoms with E-state index in [1.54, 1.807) is 0 Å². The van der Waals surface area contributed by atoms with Crippen LogP contribution in [0.25, 0.3) is 10.8 Å². The molecule has 3 aromatic carbocycles. The van der Waals surface area contributed by atoms with E-state index in [0.29, 0.717) is 12.1 Å². The Morgan fingerprint density at radius 3 is 2.05 bits per heavy atom. The number of azo groups is 1. The van der Waals surface area contributed by atoms with E-state index in [4.69, 9.17) is 28.9 Å². The van der Waals surface area contributed by atoms with Crippen molar-refractivity contribution in [3.8, 4) is 0 Å². The number of halogens is 2. The van der Waals surface area contributed by atoms with Gasteiger partial charge in [-0.1, -0.05) is 6.07 Å². The maximum Gasteiger partial charge on any atom is 0.316 e. The van der Waals surface area contributed by atoms with E-state index in [2.05, 4.69) is 30.5 Å². The standard InChI is InChI=1S/C21H16Cl2N8O10S3/c1-31(21-27-18(22)26-19(23)28-21)10-2-5-13(14(8-10)25-20(24)32)29-30-16-15(43(36,37)38)7-9-6-11(42(33,34)35)3-4-12(9)17(16)44(39,40)41/h2-8H,1H3,(H3,24,25,32)(H,33,34,35)(H,36,37,38)(H,39,40,41). The Balaban J connectivity index is 1.95. The molecule has 0 fully saturated rings. The molecule has 0 unspecified atom stereocenters. The lowest BCUT2D eigenvalue weighted by atomic mass is 10.1. The van der Waals surface area contributed by atoms with E-state index in [9.17, 15) is 43.7 Å². The van der Waals surface area contributed by atoms with Gasteiger partial charge in [0.2, 0.25) is 16.5 Å². The molecular formula is C21H16Cl2N8O10S3. The Morgan fingerprint density at radius 2 is 1.50 bits per heavy atom. The molecule has 232 valence electrons. The number of nitrogens with two attached hydrogens (primary N) is 1. The quantitative estimate of drug-likeness (QED) is 0.129. The Bertz CT molecular complexity index is 2200. The van der Waals surface area contributed by atoms with Crippen LogP contribution in [0, 0.1) is 0 Å². The molecule has 0 aliphatic carbocycles. The largest absolute Gasteiger partial charge is 0.351 e. The predicted octanol–water partition coefficient (Wildman–Crippen LogP) is 3.75. The molecular weight excluding hydrogens is 691 g/mol. The first kappa shape index (κ1) is 32.8. The molecule has 18 nitrogen and oxygen atoms in total. The van der Waals surface area contributed by atoms with Crippen LogP contribution >= 0.6 is 23.2 Å². The van der Waals surface area contributed by atoms with Crippen molar-refractivity contribution in [3.63, 3.8) is 0 Å². The molecule has 0 bridgehead atoms. The number of benzene rings is 3. The molecule has 0 aliphatic rings. The number of nitrogens with zero attached hydrogens (tertiary/aromatic N) is 6. The lowest BCUT2D eigenvalue weighted by molar-refractivity contribution is 0.259. The summed E-state index contributed by atoms with van der Waals surface area (Å²) in [5, 5.41) is 8.38. The lowest BCUT2D eigenvalue weighted by Crippen LogP contribution is -2.20. The van der Waals surface area contributed by atoms with Crippen LogP contribution in [-0.4, -0.2) is 66.9 Å². The van der Waals surface area contributed by atoms with Gasteiger partial charge in [-0.25, -0.2) is 4.79 Å². The highest BCUT2D eigenvalue weighted by atomic mass is 35.5. The van der Waals surface area contributed by atoms with Gasteiger partial charge in [0.15, 0.2) is 0 Å². The van der Waals surface area contributed by atoms with Gasteiger partial charge in [-0.15, -0.1) is 10.2 Å². The molecule has 44 heavy (non-hydrogen) atoms. The topological polar surface area (TPSA) is 285 Å². The molecule has 0 saturated carbocycles. The van der Waals surface area contributed by atoms with Crippen LogP contribution in [0.5, 0.6) is 0 Å². The Kier molecular flexibility index (Phi) is 8.78. The van der Waals surface area contributed by atoms with E-state index in [1.807, 2.05) is 0 Å². The predicted molar refractivity (Wildman–Crippen MR) is 155 cm³/mol. The van der Waals surface area contributed by atoms with Crippen LogP contribution < -0.4 is 16.0 Å². The van der Waals surface area contributed by atoms with Gasteiger partial charge < -0.3 is 16.0 Å². The summed E-state index contributed by atoms with van der Waals surface area (Å²) < 4.78 is 102. The molecule has 0 spiro atoms. The molecule has 1 aromatic heterocycles. The first-order chi connectivity index (χ1) is 20.3. The van der Waals surface area contributed by atoms with Crippen LogP contribution in [0.4, 0.5) is 33.5 Å². The van der Waals surface area contributed by atoms with Crippen molar-refractivity contribution in [1.82, 2.24) is 15.0 Å². The molecule has 4 rings (SSSR count). The van der Waals surface area contributed by atoms with Crippen LogP contribution in [-0.2, 0) is 30.4 Å². The molecule has 23 heteroatoms. The first-order valence-electron chi connectivity index (χ1n) is 11.2. The zero-order valence-corrected chi connectivity index (χ0v) is 25.4. The number of carbonyl (C=O) groups excluding carboxylic acids is 1. The third kappa shape index (κ3) is 7.16. The van der Waals surface area contributed by atoms with E-state index in [1.165, 1.54) is 30.1 Å². The van der Waals surface area contributed by atoms with Crippen LogP contribution in [0.3, 0.4) is 0 Å². The number of nitrogens with one attached hydrogen (secondary N) is 1. The van der Waals surface area contributed by atoms with Crippen molar-refractivity contribution in [2.75, 3.05) is 17.3 Å². The molecule has 0 radical (unpaired) electrons. The number of hydrogen-bond donors (Lipinski definition) is 5. The van der Waals surface area contributed by atoms with Gasteiger partial charge in [0.1, 0.15) is 21.2 Å². The average molecular weight is 708 g/mol. The third-order valence-electron chi connectivity index (χ3n) is 5.59. The van der Waals surface area contributed by atoms with Crippen molar-refractivity contribution < 1.29 is 43.7 Å². The second-order valence-electron chi connectivity index (χ2n) is 8.48. The maximum absolute atomic E-state index is 12.5. The lowest BCUT2D eigenvalue weighted by Gasteiger charge is -2.18. The fraction of sp³-hybridized carbons (Fsp3) is 0.0476. The molecule has 0 saturated heterocycles. The molecule has 0 atom stereocenters. The van der Waals surface area contributed by atoms with E-state index >= 15 is 0 Å². The molecule has 6 N–H and O–H groups in total. The second-order valence-corrected chi connectivity index (χ2v) is 13.3. The normalized spacial score (nSPS) is 12.5. The fourth-order valence-corrected chi connectivity index (χ4v) is 6.22. The van der Waals surface area contributed by atoms with Gasteiger partial charge in [0.05, 0.1) is 10.6 Å². The van der Waals surface area contributed by atoms with Gasteiger partial charge in [-0.3, -0.25) is 13.7 Å². The molecule has 2 amide bonds. The highest BCUT2D eigenvalue weighted by Crippen LogP contribution is 2.41. The Labute approximate surface area is 257 Å².